The van der Waals surface area contributed by atoms with E-state index in [0.717, 1.165) is 23.3 Å². The normalized spacial score (nSPS) is 35.8. The lowest BCUT2D eigenvalue weighted by Crippen LogP contribution is -2.57. The van der Waals surface area contributed by atoms with Gasteiger partial charge in [-0.25, -0.2) is 0 Å². The van der Waals surface area contributed by atoms with Crippen molar-refractivity contribution < 1.29 is 0 Å². The molecule has 3 saturated carbocycles. The molecule has 0 aliphatic heterocycles. The minimum absolute atomic E-state index is 0.824. The highest BCUT2D eigenvalue weighted by atomic mass is 14.7. The maximum Gasteiger partial charge on any atom is -0.00485 e. The minimum Gasteiger partial charge on any atom is -0.330 e. The molecule has 0 unspecified atom stereocenters. The molecule has 0 amide bonds. The Kier molecular flexibility index (Phi) is 1.27. The zero-order valence-electron chi connectivity index (χ0n) is 7.81. The molecule has 3 aliphatic carbocycles. The van der Waals surface area contributed by atoms with Gasteiger partial charge >= 0.3 is 0 Å². The standard InChI is InChI=1S/C11H19N/c12-6-9-4-11(5-9)7-10(8-11)2-1-3-10/h9H,1-8,12H2. The summed E-state index contributed by atoms with van der Waals surface area (Å²) in [6.45, 7) is 0.939. The fourth-order valence-corrected chi connectivity index (χ4v) is 4.19. The van der Waals surface area contributed by atoms with E-state index in [1.165, 1.54) is 19.3 Å². The summed E-state index contributed by atoms with van der Waals surface area (Å²) in [6.07, 6.45) is 10.7. The van der Waals surface area contributed by atoms with E-state index in [-0.39, 0.29) is 0 Å². The van der Waals surface area contributed by atoms with Gasteiger partial charge in [0.15, 0.2) is 0 Å². The first kappa shape index (κ1) is 7.37. The van der Waals surface area contributed by atoms with Crippen molar-refractivity contribution in [1.82, 2.24) is 0 Å². The van der Waals surface area contributed by atoms with Gasteiger partial charge in [0, 0.05) is 0 Å². The highest BCUT2D eigenvalue weighted by Gasteiger charge is 2.60. The van der Waals surface area contributed by atoms with Gasteiger partial charge in [-0.05, 0) is 61.8 Å². The molecule has 0 radical (unpaired) electrons. The molecule has 2 spiro atoms. The molecule has 2 N–H and O–H groups in total. The lowest BCUT2D eigenvalue weighted by atomic mass is 9.38. The van der Waals surface area contributed by atoms with E-state index < -0.39 is 0 Å². The zero-order chi connectivity index (χ0) is 8.23. The van der Waals surface area contributed by atoms with Gasteiger partial charge in [-0.15, -0.1) is 0 Å². The van der Waals surface area contributed by atoms with Crippen molar-refractivity contribution in [1.29, 1.82) is 0 Å². The minimum atomic E-state index is 0.824. The Morgan fingerprint density at radius 3 is 2.17 bits per heavy atom. The van der Waals surface area contributed by atoms with E-state index in [1.807, 2.05) is 0 Å². The van der Waals surface area contributed by atoms with Gasteiger partial charge in [-0.2, -0.15) is 0 Å². The first-order chi connectivity index (χ1) is 5.76. The second kappa shape index (κ2) is 2.06. The summed E-state index contributed by atoms with van der Waals surface area (Å²) in [5, 5.41) is 0. The average Bonchev–Trinajstić information content (AvgIpc) is 1.78. The van der Waals surface area contributed by atoms with Crippen LogP contribution in [0.5, 0.6) is 0 Å². The molecule has 0 aromatic heterocycles. The quantitative estimate of drug-likeness (QED) is 0.634. The highest BCUT2D eigenvalue weighted by molar-refractivity contribution is 5.11. The third-order valence-electron chi connectivity index (χ3n) is 4.69. The van der Waals surface area contributed by atoms with Crippen LogP contribution in [0.1, 0.15) is 44.9 Å². The molecule has 0 atom stereocenters. The van der Waals surface area contributed by atoms with Crippen molar-refractivity contribution in [3.8, 4) is 0 Å². The van der Waals surface area contributed by atoms with Crippen molar-refractivity contribution in [3.05, 3.63) is 0 Å². The Morgan fingerprint density at radius 1 is 1.08 bits per heavy atom. The molecular formula is C11H19N. The first-order valence-corrected chi connectivity index (χ1v) is 5.46. The third-order valence-corrected chi connectivity index (χ3v) is 4.69. The van der Waals surface area contributed by atoms with Crippen LogP contribution in [-0.2, 0) is 0 Å². The number of hydrogen-bond donors (Lipinski definition) is 1. The van der Waals surface area contributed by atoms with Crippen molar-refractivity contribution in [2.75, 3.05) is 6.54 Å². The first-order valence-electron chi connectivity index (χ1n) is 5.46. The molecule has 0 aromatic rings. The lowest BCUT2D eigenvalue weighted by molar-refractivity contribution is -0.160. The Balaban J connectivity index is 1.56. The lowest BCUT2D eigenvalue weighted by Gasteiger charge is -2.67. The van der Waals surface area contributed by atoms with Crippen LogP contribution < -0.4 is 5.73 Å². The predicted octanol–water partition coefficient (Wildman–Crippen LogP) is 2.31. The van der Waals surface area contributed by atoms with Crippen LogP contribution in [0.15, 0.2) is 0 Å². The smallest absolute Gasteiger partial charge is 0.00485 e. The Morgan fingerprint density at radius 2 is 1.75 bits per heavy atom. The van der Waals surface area contributed by atoms with Gasteiger partial charge in [0.25, 0.3) is 0 Å². The zero-order valence-corrected chi connectivity index (χ0v) is 7.81. The number of hydrogen-bond acceptors (Lipinski definition) is 1. The average molecular weight is 165 g/mol. The summed E-state index contributed by atoms with van der Waals surface area (Å²) in [6, 6.07) is 0. The largest absolute Gasteiger partial charge is 0.330 e. The monoisotopic (exact) mass is 165 g/mol. The van der Waals surface area contributed by atoms with E-state index in [0.29, 0.717) is 0 Å². The van der Waals surface area contributed by atoms with Gasteiger partial charge in [0.05, 0.1) is 0 Å². The van der Waals surface area contributed by atoms with Crippen LogP contribution in [0, 0.1) is 16.7 Å². The van der Waals surface area contributed by atoms with Gasteiger partial charge in [-0.3, -0.25) is 0 Å². The Bertz CT molecular complexity index is 189. The summed E-state index contributed by atoms with van der Waals surface area (Å²) >= 11 is 0. The highest BCUT2D eigenvalue weighted by Crippen LogP contribution is 2.71. The van der Waals surface area contributed by atoms with E-state index in [1.54, 1.807) is 25.7 Å². The topological polar surface area (TPSA) is 26.0 Å². The van der Waals surface area contributed by atoms with E-state index >= 15 is 0 Å². The van der Waals surface area contributed by atoms with Crippen LogP contribution >= 0.6 is 0 Å². The molecule has 0 saturated heterocycles. The summed E-state index contributed by atoms with van der Waals surface area (Å²) in [5.41, 5.74) is 7.35. The van der Waals surface area contributed by atoms with E-state index in [4.69, 9.17) is 5.73 Å². The van der Waals surface area contributed by atoms with Gasteiger partial charge in [0.1, 0.15) is 0 Å². The van der Waals surface area contributed by atoms with Crippen molar-refractivity contribution >= 4 is 0 Å². The van der Waals surface area contributed by atoms with Crippen LogP contribution in [0.25, 0.3) is 0 Å². The maximum absolute atomic E-state index is 5.65. The third kappa shape index (κ3) is 0.783. The van der Waals surface area contributed by atoms with Crippen molar-refractivity contribution in [2.24, 2.45) is 22.5 Å². The molecule has 0 bridgehead atoms. The number of nitrogens with two attached hydrogens (primary N) is 1. The van der Waals surface area contributed by atoms with E-state index in [9.17, 15) is 0 Å². The Hall–Kier alpha value is -0.0400. The predicted molar refractivity (Wildman–Crippen MR) is 49.7 cm³/mol. The maximum atomic E-state index is 5.65. The fourth-order valence-electron chi connectivity index (χ4n) is 4.19. The van der Waals surface area contributed by atoms with Crippen LogP contribution in [0.3, 0.4) is 0 Å². The van der Waals surface area contributed by atoms with Gasteiger partial charge in [0.2, 0.25) is 0 Å². The van der Waals surface area contributed by atoms with Crippen LogP contribution in [0.2, 0.25) is 0 Å². The molecule has 1 heteroatoms. The summed E-state index contributed by atoms with van der Waals surface area (Å²) in [7, 11) is 0. The van der Waals surface area contributed by atoms with Crippen molar-refractivity contribution in [3.63, 3.8) is 0 Å². The molecule has 0 heterocycles. The number of rotatable bonds is 1. The molecular weight excluding hydrogens is 146 g/mol. The molecule has 3 fully saturated rings. The SMILES string of the molecule is NCC1CC2(C1)CC1(CCC1)C2. The van der Waals surface area contributed by atoms with Gasteiger partial charge < -0.3 is 5.73 Å². The molecule has 3 rings (SSSR count). The van der Waals surface area contributed by atoms with Crippen LogP contribution in [-0.4, -0.2) is 6.54 Å². The van der Waals surface area contributed by atoms with Crippen molar-refractivity contribution in [2.45, 2.75) is 44.9 Å². The summed E-state index contributed by atoms with van der Waals surface area (Å²) in [5.74, 6) is 0.891. The van der Waals surface area contributed by atoms with Gasteiger partial charge in [-0.1, -0.05) is 6.42 Å². The summed E-state index contributed by atoms with van der Waals surface area (Å²) in [4.78, 5) is 0. The van der Waals surface area contributed by atoms with E-state index in [2.05, 4.69) is 0 Å². The molecule has 3 aliphatic rings. The summed E-state index contributed by atoms with van der Waals surface area (Å²) < 4.78 is 0. The Labute approximate surface area is 74.7 Å². The van der Waals surface area contributed by atoms with Crippen LogP contribution in [0.4, 0.5) is 0 Å². The fraction of sp³-hybridized carbons (Fsp3) is 1.00. The second-order valence-electron chi connectivity index (χ2n) is 5.72. The second-order valence-corrected chi connectivity index (χ2v) is 5.72. The molecule has 1 nitrogen and oxygen atoms in total. The molecule has 68 valence electrons. The molecule has 0 aromatic carbocycles. The molecule has 12 heavy (non-hydrogen) atoms.